The first kappa shape index (κ1) is 24.8. The normalized spacial score (nSPS) is 21.5. The van der Waals surface area contributed by atoms with E-state index >= 15 is 0 Å². The number of ether oxygens (including phenoxy) is 1. The lowest BCUT2D eigenvalue weighted by Crippen LogP contribution is -2.50. The summed E-state index contributed by atoms with van der Waals surface area (Å²) in [5.41, 5.74) is 1.01. The number of benzene rings is 1. The highest BCUT2D eigenvalue weighted by Crippen LogP contribution is 2.34. The number of nitrogens with zero attached hydrogens (tertiary/aromatic N) is 4. The average Bonchev–Trinajstić information content (AvgIpc) is 2.81. The van der Waals surface area contributed by atoms with E-state index in [1.165, 1.54) is 33.9 Å². The van der Waals surface area contributed by atoms with Gasteiger partial charge >= 0.3 is 0 Å². The molecule has 2 aromatic rings. The average molecular weight is 475 g/mol. The fourth-order valence-corrected chi connectivity index (χ4v) is 5.54. The number of amides is 1. The number of likely N-dealkylation sites (N-methyl/N-ethyl adjacent to an activating group) is 1. The van der Waals surface area contributed by atoms with Crippen LogP contribution in [0.3, 0.4) is 0 Å². The number of aliphatic hydroxyl groups is 1. The third-order valence-electron chi connectivity index (χ3n) is 5.63. The molecule has 178 valence electrons. The van der Waals surface area contributed by atoms with Crippen molar-refractivity contribution in [1.29, 1.82) is 0 Å². The number of rotatable bonds is 6. The van der Waals surface area contributed by atoms with Crippen LogP contribution in [0.1, 0.15) is 36.8 Å². The molecule has 1 aliphatic rings. The Bertz CT molecular complexity index is 1110. The van der Waals surface area contributed by atoms with E-state index < -0.39 is 22.2 Å². The third-order valence-corrected chi connectivity index (χ3v) is 7.65. The van der Waals surface area contributed by atoms with Crippen LogP contribution in [-0.4, -0.2) is 77.5 Å². The standard InChI is InChI=1S/C23H30N4O5S/c1-5-6-18-7-8-22-20(11-18)32-21(14-26(4)23(29)19-12-24-9-10-25-19)16(2)13-27(17(3)15-28)33(22,30)31/h5-12,16-17,21,28H,13-15H2,1-4H3/b6-5+/t16-,17+,21+/m1/s1. The minimum atomic E-state index is -3.90. The van der Waals surface area contributed by atoms with Gasteiger partial charge in [-0.05, 0) is 31.5 Å². The van der Waals surface area contributed by atoms with Crippen molar-refractivity contribution in [1.82, 2.24) is 19.2 Å². The minimum Gasteiger partial charge on any atom is -0.487 e. The van der Waals surface area contributed by atoms with Crippen LogP contribution in [0, 0.1) is 5.92 Å². The molecule has 0 radical (unpaired) electrons. The summed E-state index contributed by atoms with van der Waals surface area (Å²) in [7, 11) is -2.26. The molecule has 9 nitrogen and oxygen atoms in total. The Balaban J connectivity index is 2.01. The molecular weight excluding hydrogens is 444 g/mol. The summed E-state index contributed by atoms with van der Waals surface area (Å²) in [6.45, 7) is 5.45. The first-order valence-corrected chi connectivity index (χ1v) is 12.2. The van der Waals surface area contributed by atoms with Gasteiger partial charge in [-0.1, -0.05) is 25.1 Å². The zero-order valence-corrected chi connectivity index (χ0v) is 20.1. The molecule has 1 aromatic carbocycles. The zero-order valence-electron chi connectivity index (χ0n) is 19.2. The summed E-state index contributed by atoms with van der Waals surface area (Å²) in [5.74, 6) is -0.362. The molecule has 33 heavy (non-hydrogen) atoms. The lowest BCUT2D eigenvalue weighted by atomic mass is 10.0. The van der Waals surface area contributed by atoms with Gasteiger partial charge in [-0.2, -0.15) is 4.31 Å². The van der Waals surface area contributed by atoms with Crippen molar-refractivity contribution in [3.8, 4) is 5.75 Å². The monoisotopic (exact) mass is 474 g/mol. The highest BCUT2D eigenvalue weighted by molar-refractivity contribution is 7.89. The van der Waals surface area contributed by atoms with E-state index in [4.69, 9.17) is 4.74 Å². The summed E-state index contributed by atoms with van der Waals surface area (Å²) in [6.07, 6.45) is 7.55. The van der Waals surface area contributed by atoms with Gasteiger partial charge in [-0.15, -0.1) is 0 Å². The molecule has 10 heteroatoms. The second-order valence-electron chi connectivity index (χ2n) is 8.22. The van der Waals surface area contributed by atoms with Crippen LogP contribution in [0.2, 0.25) is 0 Å². The van der Waals surface area contributed by atoms with E-state index in [1.54, 1.807) is 26.1 Å². The maximum absolute atomic E-state index is 13.5. The number of carbonyl (C=O) groups is 1. The number of allylic oxidation sites excluding steroid dienone is 1. The lowest BCUT2D eigenvalue weighted by molar-refractivity contribution is 0.0559. The van der Waals surface area contributed by atoms with Gasteiger partial charge in [-0.3, -0.25) is 9.78 Å². The second kappa shape index (κ2) is 10.4. The number of aromatic nitrogens is 2. The van der Waals surface area contributed by atoms with Gasteiger partial charge in [0.2, 0.25) is 10.0 Å². The largest absolute Gasteiger partial charge is 0.487 e. The minimum absolute atomic E-state index is 0.0378. The Morgan fingerprint density at radius 1 is 1.39 bits per heavy atom. The highest BCUT2D eigenvalue weighted by Gasteiger charge is 2.38. The van der Waals surface area contributed by atoms with Crippen molar-refractivity contribution in [2.75, 3.05) is 26.7 Å². The van der Waals surface area contributed by atoms with Crippen molar-refractivity contribution >= 4 is 22.0 Å². The third kappa shape index (κ3) is 5.40. The van der Waals surface area contributed by atoms with Gasteiger partial charge < -0.3 is 14.7 Å². The Labute approximate surface area is 194 Å². The molecule has 0 bridgehead atoms. The maximum Gasteiger partial charge on any atom is 0.273 e. The van der Waals surface area contributed by atoms with E-state index in [2.05, 4.69) is 9.97 Å². The molecule has 1 amide bonds. The molecule has 1 aliphatic heterocycles. The molecule has 0 saturated carbocycles. The van der Waals surface area contributed by atoms with Crippen LogP contribution >= 0.6 is 0 Å². The van der Waals surface area contributed by atoms with Crippen molar-refractivity contribution in [3.05, 3.63) is 54.1 Å². The van der Waals surface area contributed by atoms with E-state index in [-0.39, 0.29) is 47.9 Å². The van der Waals surface area contributed by atoms with E-state index in [0.717, 1.165) is 5.56 Å². The summed E-state index contributed by atoms with van der Waals surface area (Å²) in [5, 5.41) is 9.73. The molecular formula is C23H30N4O5S. The van der Waals surface area contributed by atoms with E-state index in [0.29, 0.717) is 0 Å². The molecule has 0 unspecified atom stereocenters. The first-order chi connectivity index (χ1) is 15.7. The van der Waals surface area contributed by atoms with E-state index in [9.17, 15) is 18.3 Å². The fourth-order valence-electron chi connectivity index (χ4n) is 3.71. The molecule has 3 rings (SSSR count). The predicted octanol–water partition coefficient (Wildman–Crippen LogP) is 2.05. The van der Waals surface area contributed by atoms with Crippen molar-refractivity contribution in [2.45, 2.75) is 37.8 Å². The fraction of sp³-hybridized carbons (Fsp3) is 0.435. The van der Waals surface area contributed by atoms with Crippen LogP contribution in [0.15, 0.2) is 47.8 Å². The SMILES string of the molecule is C/C=C/c1ccc2c(c1)O[C@@H](CN(C)C(=O)c1cnccn1)[C@H](C)CN([C@@H](C)CO)S2(=O)=O. The molecule has 0 spiro atoms. The first-order valence-electron chi connectivity index (χ1n) is 10.8. The molecule has 3 atom stereocenters. The van der Waals surface area contributed by atoms with E-state index in [1.807, 2.05) is 26.0 Å². The van der Waals surface area contributed by atoms with Gasteiger partial charge in [0, 0.05) is 37.9 Å². The van der Waals surface area contributed by atoms with Crippen LogP contribution < -0.4 is 4.74 Å². The van der Waals surface area contributed by atoms with Gasteiger partial charge in [0.15, 0.2) is 0 Å². The molecule has 0 aliphatic carbocycles. The second-order valence-corrected chi connectivity index (χ2v) is 10.1. The number of sulfonamides is 1. The Morgan fingerprint density at radius 2 is 2.15 bits per heavy atom. The van der Waals surface area contributed by atoms with Gasteiger partial charge in [0.05, 0.1) is 19.3 Å². The van der Waals surface area contributed by atoms with Gasteiger partial charge in [-0.25, -0.2) is 13.4 Å². The van der Waals surface area contributed by atoms with Crippen molar-refractivity contribution in [3.63, 3.8) is 0 Å². The maximum atomic E-state index is 13.5. The molecule has 2 heterocycles. The van der Waals surface area contributed by atoms with Crippen LogP contribution in [-0.2, 0) is 10.0 Å². The summed E-state index contributed by atoms with van der Waals surface area (Å²) in [6, 6.07) is 4.31. The summed E-state index contributed by atoms with van der Waals surface area (Å²) in [4.78, 5) is 22.3. The molecule has 0 saturated heterocycles. The number of hydrogen-bond donors (Lipinski definition) is 1. The summed E-state index contributed by atoms with van der Waals surface area (Å²) < 4.78 is 34.5. The van der Waals surface area contributed by atoms with Crippen molar-refractivity contribution in [2.24, 2.45) is 5.92 Å². The molecule has 1 N–H and O–H groups in total. The highest BCUT2D eigenvalue weighted by atomic mass is 32.2. The quantitative estimate of drug-likeness (QED) is 0.682. The van der Waals surface area contributed by atoms with Gasteiger partial charge in [0.25, 0.3) is 5.91 Å². The number of carbonyl (C=O) groups excluding carboxylic acids is 1. The topological polar surface area (TPSA) is 113 Å². The smallest absolute Gasteiger partial charge is 0.273 e. The Kier molecular flexibility index (Phi) is 7.83. The Morgan fingerprint density at radius 3 is 2.79 bits per heavy atom. The number of hydrogen-bond acceptors (Lipinski definition) is 7. The summed E-state index contributed by atoms with van der Waals surface area (Å²) >= 11 is 0. The van der Waals surface area contributed by atoms with Crippen LogP contribution in [0.25, 0.3) is 6.08 Å². The molecule has 1 aromatic heterocycles. The van der Waals surface area contributed by atoms with Gasteiger partial charge in [0.1, 0.15) is 22.4 Å². The predicted molar refractivity (Wildman–Crippen MR) is 124 cm³/mol. The van der Waals surface area contributed by atoms with Crippen molar-refractivity contribution < 1.29 is 23.1 Å². The Hall–Kier alpha value is -2.82. The lowest BCUT2D eigenvalue weighted by Gasteiger charge is -2.37. The number of aliphatic hydroxyl groups excluding tert-OH is 1. The zero-order chi connectivity index (χ0) is 24.2. The number of fused-ring (bicyclic) bond motifs is 1. The van der Waals surface area contributed by atoms with Crippen LogP contribution in [0.5, 0.6) is 5.75 Å². The van der Waals surface area contributed by atoms with Crippen LogP contribution in [0.4, 0.5) is 0 Å². The molecule has 0 fully saturated rings.